The van der Waals surface area contributed by atoms with Crippen LogP contribution in [0.1, 0.15) is 28.9 Å². The van der Waals surface area contributed by atoms with Crippen LogP contribution in [0.4, 0.5) is 9.18 Å². The number of aromatic amines is 1. The van der Waals surface area contributed by atoms with Gasteiger partial charge in [-0.1, -0.05) is 6.07 Å². The monoisotopic (exact) mass is 484 g/mol. The van der Waals surface area contributed by atoms with E-state index in [4.69, 9.17) is 9.47 Å². The number of amides is 2. The molecule has 1 aromatic heterocycles. The molecule has 2 aromatic rings. The summed E-state index contributed by atoms with van der Waals surface area (Å²) in [6.45, 7) is 0.563. The van der Waals surface area contributed by atoms with Crippen molar-refractivity contribution in [3.8, 4) is 11.8 Å². The molecule has 178 valence electrons. The van der Waals surface area contributed by atoms with E-state index in [9.17, 15) is 32.3 Å². The van der Waals surface area contributed by atoms with E-state index in [1.165, 1.54) is 6.07 Å². The number of halogens is 1. The summed E-state index contributed by atoms with van der Waals surface area (Å²) in [6.07, 6.45) is 1.10. The Hall–Kier alpha value is -3.52. The first-order chi connectivity index (χ1) is 15.5. The Labute approximate surface area is 187 Å². The lowest BCUT2D eigenvalue weighted by atomic mass is 10.1. The lowest BCUT2D eigenvalue weighted by molar-refractivity contribution is 0.0775. The van der Waals surface area contributed by atoms with Gasteiger partial charge in [0.25, 0.3) is 11.5 Å². The first-order valence-corrected chi connectivity index (χ1v) is 11.6. The average Bonchev–Trinajstić information content (AvgIpc) is 2.75. The van der Waals surface area contributed by atoms with Crippen LogP contribution in [0.15, 0.2) is 27.9 Å². The summed E-state index contributed by atoms with van der Waals surface area (Å²) in [4.78, 5) is 41.8. The van der Waals surface area contributed by atoms with E-state index >= 15 is 0 Å². The molecular weight excluding hydrogens is 463 g/mol. The van der Waals surface area contributed by atoms with Crippen LogP contribution in [0.2, 0.25) is 0 Å². The summed E-state index contributed by atoms with van der Waals surface area (Å²) in [7, 11) is -3.80. The van der Waals surface area contributed by atoms with E-state index < -0.39 is 50.7 Å². The van der Waals surface area contributed by atoms with Crippen LogP contribution in [0, 0.1) is 5.82 Å². The molecule has 0 unspecified atom stereocenters. The number of carbonyl (C=O) groups is 2. The molecule has 1 fully saturated rings. The van der Waals surface area contributed by atoms with Crippen molar-refractivity contribution in [3.63, 3.8) is 0 Å². The molecule has 3 rings (SSSR count). The smallest absolute Gasteiger partial charge is 0.415 e. The van der Waals surface area contributed by atoms with Crippen LogP contribution in [-0.4, -0.2) is 61.0 Å². The van der Waals surface area contributed by atoms with Gasteiger partial charge in [0, 0.05) is 32.1 Å². The molecule has 0 aliphatic carbocycles. The highest BCUT2D eigenvalue weighted by Crippen LogP contribution is 2.18. The van der Waals surface area contributed by atoms with E-state index in [1.54, 1.807) is 0 Å². The minimum Gasteiger partial charge on any atom is -0.501 e. The maximum atomic E-state index is 13.4. The summed E-state index contributed by atoms with van der Waals surface area (Å²) >= 11 is 0. The molecule has 0 spiro atoms. The molecule has 2 amide bonds. The van der Waals surface area contributed by atoms with Crippen LogP contribution in [0.25, 0.3) is 0 Å². The van der Waals surface area contributed by atoms with Crippen molar-refractivity contribution in [2.45, 2.75) is 30.3 Å². The quantitative estimate of drug-likeness (QED) is 0.446. The van der Waals surface area contributed by atoms with Crippen molar-refractivity contribution in [1.29, 1.82) is 0 Å². The van der Waals surface area contributed by atoms with Crippen LogP contribution >= 0.6 is 0 Å². The van der Waals surface area contributed by atoms with Crippen LogP contribution in [-0.2, 0) is 21.1 Å². The fourth-order valence-corrected chi connectivity index (χ4v) is 4.00. The predicted octanol–water partition coefficient (Wildman–Crippen LogP) is 0.215. The van der Waals surface area contributed by atoms with Crippen molar-refractivity contribution in [3.05, 3.63) is 45.6 Å². The van der Waals surface area contributed by atoms with Crippen molar-refractivity contribution >= 4 is 21.8 Å². The summed E-state index contributed by atoms with van der Waals surface area (Å²) in [5, 5.41) is 14.8. The zero-order valence-electron chi connectivity index (χ0n) is 17.4. The van der Waals surface area contributed by atoms with Gasteiger partial charge in [0.15, 0.2) is 15.5 Å². The number of rotatable bonds is 6. The highest BCUT2D eigenvalue weighted by Gasteiger charge is 2.22. The molecule has 0 atom stereocenters. The number of nitrogens with zero attached hydrogens (tertiary/aromatic N) is 1. The van der Waals surface area contributed by atoms with Gasteiger partial charge in [-0.2, -0.15) is 4.98 Å². The second-order valence-corrected chi connectivity index (χ2v) is 9.18. The standard InChI is InChI=1S/C19H21FN4O8S/c1-33(29,30)13-8-11(20)3-2-10(13)9-21-16(26)14-15(25)17(27)24-18(23-14)32-19(28)22-12-4-6-31-7-5-12/h2-3,8,12,25H,4-7,9H2,1H3,(H,21,26)(H,22,28)(H,23,24,27). The van der Waals surface area contributed by atoms with Gasteiger partial charge in [-0.25, -0.2) is 17.6 Å². The molecule has 2 heterocycles. The number of aromatic hydroxyl groups is 1. The first-order valence-electron chi connectivity index (χ1n) is 9.70. The first kappa shape index (κ1) is 24.1. The fraction of sp³-hybridized carbons (Fsp3) is 0.368. The molecule has 0 radical (unpaired) electrons. The van der Waals surface area contributed by atoms with Crippen molar-refractivity contribution < 1.29 is 37.0 Å². The van der Waals surface area contributed by atoms with Gasteiger partial charge in [-0.3, -0.25) is 14.6 Å². The van der Waals surface area contributed by atoms with E-state index in [0.29, 0.717) is 26.1 Å². The Balaban J connectivity index is 1.74. The highest BCUT2D eigenvalue weighted by atomic mass is 32.2. The average molecular weight is 484 g/mol. The minimum absolute atomic E-state index is 0.0730. The van der Waals surface area contributed by atoms with Gasteiger partial charge in [0.05, 0.1) is 4.90 Å². The minimum atomic E-state index is -3.80. The second-order valence-electron chi connectivity index (χ2n) is 7.20. The molecule has 33 heavy (non-hydrogen) atoms. The third kappa shape index (κ3) is 6.26. The van der Waals surface area contributed by atoms with Gasteiger partial charge < -0.3 is 25.2 Å². The molecule has 1 saturated heterocycles. The number of hydrogen-bond donors (Lipinski definition) is 4. The molecule has 1 aromatic carbocycles. The zero-order chi connectivity index (χ0) is 24.2. The van der Waals surface area contributed by atoms with E-state index in [0.717, 1.165) is 18.4 Å². The number of ether oxygens (including phenoxy) is 2. The molecule has 14 heteroatoms. The number of benzene rings is 1. The lowest BCUT2D eigenvalue weighted by Crippen LogP contribution is -2.40. The summed E-state index contributed by atoms with van der Waals surface area (Å²) in [5.41, 5.74) is -1.82. The highest BCUT2D eigenvalue weighted by molar-refractivity contribution is 7.90. The SMILES string of the molecule is CS(=O)(=O)c1cc(F)ccc1CNC(=O)c1nc(OC(=O)NC2CCOCC2)[nH]c(=O)c1O. The van der Waals surface area contributed by atoms with Gasteiger partial charge in [-0.05, 0) is 30.5 Å². The van der Waals surface area contributed by atoms with Crippen molar-refractivity contribution in [2.24, 2.45) is 0 Å². The van der Waals surface area contributed by atoms with Crippen LogP contribution < -0.4 is 20.9 Å². The normalized spacial score (nSPS) is 14.5. The maximum Gasteiger partial charge on any atom is 0.415 e. The molecule has 1 aliphatic rings. The number of nitrogens with one attached hydrogen (secondary N) is 3. The molecule has 1 aliphatic heterocycles. The third-order valence-electron chi connectivity index (χ3n) is 4.69. The topological polar surface area (TPSA) is 177 Å². The Kier molecular flexibility index (Phi) is 7.28. The third-order valence-corrected chi connectivity index (χ3v) is 5.87. The number of sulfone groups is 1. The van der Waals surface area contributed by atoms with Crippen molar-refractivity contribution in [1.82, 2.24) is 20.6 Å². The fourth-order valence-electron chi connectivity index (χ4n) is 3.06. The van der Waals surface area contributed by atoms with E-state index in [-0.39, 0.29) is 23.0 Å². The van der Waals surface area contributed by atoms with E-state index in [2.05, 4.69) is 15.6 Å². The van der Waals surface area contributed by atoms with Crippen LogP contribution in [0.3, 0.4) is 0 Å². The van der Waals surface area contributed by atoms with Gasteiger partial charge in [0.1, 0.15) is 5.82 Å². The number of H-pyrrole nitrogens is 1. The largest absolute Gasteiger partial charge is 0.501 e. The van der Waals surface area contributed by atoms with Gasteiger partial charge >= 0.3 is 12.1 Å². The molecule has 0 saturated carbocycles. The summed E-state index contributed by atoms with van der Waals surface area (Å²) in [6, 6.07) is 2.17. The molecule has 12 nitrogen and oxygen atoms in total. The van der Waals surface area contributed by atoms with Crippen molar-refractivity contribution in [2.75, 3.05) is 19.5 Å². The molecule has 0 bridgehead atoms. The Morgan fingerprint density at radius 2 is 2.03 bits per heavy atom. The van der Waals surface area contributed by atoms with E-state index in [1.807, 2.05) is 4.98 Å². The Bertz CT molecular complexity index is 1220. The molecular formula is C19H21FN4O8S. The summed E-state index contributed by atoms with van der Waals surface area (Å²) < 4.78 is 47.3. The number of aromatic nitrogens is 2. The summed E-state index contributed by atoms with van der Waals surface area (Å²) in [5.74, 6) is -2.87. The molecule has 4 N–H and O–H groups in total. The zero-order valence-corrected chi connectivity index (χ0v) is 18.2. The van der Waals surface area contributed by atoms with Gasteiger partial charge in [-0.15, -0.1) is 0 Å². The van der Waals surface area contributed by atoms with Crippen LogP contribution in [0.5, 0.6) is 11.8 Å². The Morgan fingerprint density at radius 1 is 1.33 bits per heavy atom. The second kappa shape index (κ2) is 9.95. The Morgan fingerprint density at radius 3 is 2.70 bits per heavy atom. The lowest BCUT2D eigenvalue weighted by Gasteiger charge is -2.22. The van der Waals surface area contributed by atoms with Gasteiger partial charge in [0.2, 0.25) is 5.75 Å². The maximum absolute atomic E-state index is 13.4. The number of hydrogen-bond acceptors (Lipinski definition) is 9. The number of carbonyl (C=O) groups excluding carboxylic acids is 2. The predicted molar refractivity (Wildman–Crippen MR) is 110 cm³/mol.